The van der Waals surface area contributed by atoms with E-state index >= 15 is 0 Å². The minimum Gasteiger partial charge on any atom is -0.481 e. The quantitative estimate of drug-likeness (QED) is 0.125. The van der Waals surface area contributed by atoms with Crippen LogP contribution in [0.4, 0.5) is 11.5 Å². The third-order valence-corrected chi connectivity index (χ3v) is 7.47. The van der Waals surface area contributed by atoms with Gasteiger partial charge >= 0.3 is 5.97 Å². The minimum atomic E-state index is -0.861. The lowest BCUT2D eigenvalue weighted by atomic mass is 10.1. The molecule has 2 aromatic heterocycles. The van der Waals surface area contributed by atoms with Gasteiger partial charge in [-0.15, -0.1) is 0 Å². The Balaban J connectivity index is 0.000000959. The second-order valence-corrected chi connectivity index (χ2v) is 12.3. The lowest BCUT2D eigenvalue weighted by molar-refractivity contribution is -0.136. The van der Waals surface area contributed by atoms with E-state index in [9.17, 15) is 9.90 Å². The van der Waals surface area contributed by atoms with Crippen molar-refractivity contribution in [2.45, 2.75) is 106 Å². The van der Waals surface area contributed by atoms with Crippen LogP contribution in [0.2, 0.25) is 0 Å². The van der Waals surface area contributed by atoms with Gasteiger partial charge in [0.25, 0.3) is 0 Å². The smallest absolute Gasteiger partial charge is 0.308 e. The van der Waals surface area contributed by atoms with Crippen molar-refractivity contribution in [1.82, 2.24) is 14.6 Å². The van der Waals surface area contributed by atoms with Gasteiger partial charge in [0.05, 0.1) is 23.4 Å². The molecule has 3 aromatic rings. The molecule has 2 N–H and O–H groups in total. The van der Waals surface area contributed by atoms with E-state index in [1.54, 1.807) is 20.8 Å². The standard InChI is InChI=1S/C31H40N6O2.C4H10O.C2H6/c1-6-7-8-12-18-36(24(4)22(2)32-5)26-15-13-14-25(19-26)28-21-29-33-23(3)27(20-30(38)39)31(37(29)34-28)35-16-10-9-11-17-35;1-4(2,3)5;1-2/h6-7,13-15,19,21H,5,8-12,16-18,20H2,1-4H3,(H,38,39);5H,1-3H3;1-2H3/b7-6+,24-22-;;. The van der Waals surface area contributed by atoms with E-state index in [1.807, 2.05) is 45.2 Å². The molecule has 0 saturated carbocycles. The zero-order chi connectivity index (χ0) is 34.4. The Bertz CT molecular complexity index is 1490. The molecular formula is C37H56N6O3. The van der Waals surface area contributed by atoms with E-state index < -0.39 is 11.6 Å². The topological polar surface area (TPSA) is 107 Å². The summed E-state index contributed by atoms with van der Waals surface area (Å²) in [5, 5.41) is 23.2. The molecule has 1 fully saturated rings. The van der Waals surface area contributed by atoms with Crippen LogP contribution in [0.1, 0.15) is 98.8 Å². The van der Waals surface area contributed by atoms with E-state index in [4.69, 9.17) is 15.2 Å². The van der Waals surface area contributed by atoms with Crippen molar-refractivity contribution in [2.75, 3.05) is 29.4 Å². The maximum Gasteiger partial charge on any atom is 0.308 e. The van der Waals surface area contributed by atoms with E-state index in [0.29, 0.717) is 0 Å². The Morgan fingerprint density at radius 1 is 1.13 bits per heavy atom. The molecule has 0 unspecified atom stereocenters. The van der Waals surface area contributed by atoms with Crippen LogP contribution in [-0.2, 0) is 11.2 Å². The summed E-state index contributed by atoms with van der Waals surface area (Å²) in [6, 6.07) is 10.4. The number of carboxylic acid groups (broad SMARTS) is 1. The van der Waals surface area contributed by atoms with Gasteiger partial charge in [-0.2, -0.15) is 9.61 Å². The summed E-state index contributed by atoms with van der Waals surface area (Å²) in [5.74, 6) is -0.00101. The summed E-state index contributed by atoms with van der Waals surface area (Å²) in [7, 11) is 0. The van der Waals surface area contributed by atoms with Gasteiger partial charge in [0, 0.05) is 53.9 Å². The lowest BCUT2D eigenvalue weighted by Crippen LogP contribution is -2.33. The molecule has 3 heterocycles. The highest BCUT2D eigenvalue weighted by atomic mass is 16.4. The second-order valence-electron chi connectivity index (χ2n) is 12.3. The fraction of sp³-hybridized carbons (Fsp3) is 0.514. The zero-order valence-electron chi connectivity index (χ0n) is 29.6. The summed E-state index contributed by atoms with van der Waals surface area (Å²) in [6.07, 6.45) is 9.59. The van der Waals surface area contributed by atoms with Crippen molar-refractivity contribution >= 4 is 29.8 Å². The Labute approximate surface area is 276 Å². The number of nitrogens with zero attached hydrogens (tertiary/aromatic N) is 6. The van der Waals surface area contributed by atoms with E-state index in [1.165, 1.54) is 6.42 Å². The minimum absolute atomic E-state index is 0.0736. The van der Waals surface area contributed by atoms with Gasteiger partial charge in [-0.3, -0.25) is 9.79 Å². The first kappa shape index (κ1) is 38.2. The third kappa shape index (κ3) is 11.1. The van der Waals surface area contributed by atoms with Gasteiger partial charge in [-0.25, -0.2) is 4.98 Å². The fourth-order valence-corrected chi connectivity index (χ4v) is 5.23. The van der Waals surface area contributed by atoms with Crippen molar-refractivity contribution < 1.29 is 15.0 Å². The number of allylic oxidation sites excluding steroid dienone is 4. The number of aliphatic carboxylic acids is 1. The monoisotopic (exact) mass is 632 g/mol. The van der Waals surface area contributed by atoms with Crippen molar-refractivity contribution in [2.24, 2.45) is 4.99 Å². The zero-order valence-corrected chi connectivity index (χ0v) is 29.6. The van der Waals surface area contributed by atoms with Crippen molar-refractivity contribution in [3.8, 4) is 11.3 Å². The molecule has 252 valence electrons. The predicted octanol–water partition coefficient (Wildman–Crippen LogP) is 8.24. The van der Waals surface area contributed by atoms with Gasteiger partial charge in [0.15, 0.2) is 5.65 Å². The average molecular weight is 633 g/mol. The summed E-state index contributed by atoms with van der Waals surface area (Å²) in [6.45, 7) is 23.6. The number of rotatable bonds is 11. The first-order valence-electron chi connectivity index (χ1n) is 16.6. The largest absolute Gasteiger partial charge is 0.481 e. The molecule has 9 nitrogen and oxygen atoms in total. The number of hydrogen-bond donors (Lipinski definition) is 2. The van der Waals surface area contributed by atoms with Gasteiger partial charge in [0.2, 0.25) is 0 Å². The molecule has 1 saturated heterocycles. The maximum absolute atomic E-state index is 11.8. The number of carbonyl (C=O) groups is 1. The molecule has 1 aromatic carbocycles. The molecular weight excluding hydrogens is 576 g/mol. The van der Waals surface area contributed by atoms with E-state index in [-0.39, 0.29) is 6.42 Å². The highest BCUT2D eigenvalue weighted by Crippen LogP contribution is 2.32. The number of benzene rings is 1. The Morgan fingerprint density at radius 2 is 1.78 bits per heavy atom. The molecule has 0 radical (unpaired) electrons. The summed E-state index contributed by atoms with van der Waals surface area (Å²) in [5.41, 5.74) is 6.54. The van der Waals surface area contributed by atoms with Crippen LogP contribution in [0.15, 0.2) is 58.9 Å². The van der Waals surface area contributed by atoms with Crippen molar-refractivity contribution in [3.63, 3.8) is 0 Å². The van der Waals surface area contributed by atoms with Crippen LogP contribution in [0.5, 0.6) is 0 Å². The van der Waals surface area contributed by atoms with Crippen LogP contribution in [0.3, 0.4) is 0 Å². The van der Waals surface area contributed by atoms with Gasteiger partial charge in [0.1, 0.15) is 5.82 Å². The van der Waals surface area contributed by atoms with Crippen molar-refractivity contribution in [1.29, 1.82) is 0 Å². The van der Waals surface area contributed by atoms with Crippen LogP contribution >= 0.6 is 0 Å². The molecule has 1 aliphatic rings. The van der Waals surface area contributed by atoms with Crippen molar-refractivity contribution in [3.05, 3.63) is 65.1 Å². The van der Waals surface area contributed by atoms with Crippen LogP contribution in [0, 0.1) is 6.92 Å². The number of unbranched alkanes of at least 4 members (excludes halogenated alkanes) is 1. The number of aromatic nitrogens is 3. The molecule has 0 atom stereocenters. The molecule has 0 aliphatic carbocycles. The first-order chi connectivity index (χ1) is 21.8. The summed E-state index contributed by atoms with van der Waals surface area (Å²) < 4.78 is 1.85. The second kappa shape index (κ2) is 18.2. The third-order valence-electron chi connectivity index (χ3n) is 7.47. The number of anilines is 2. The number of piperidine rings is 1. The van der Waals surface area contributed by atoms with Gasteiger partial charge in [-0.05, 0) is 99.4 Å². The lowest BCUT2D eigenvalue weighted by Gasteiger charge is -2.31. The Kier molecular flexibility index (Phi) is 15.1. The predicted molar refractivity (Wildman–Crippen MR) is 193 cm³/mol. The number of aliphatic hydroxyl groups is 1. The summed E-state index contributed by atoms with van der Waals surface area (Å²) >= 11 is 0. The number of aliphatic imine (C=N–C) groups is 1. The SMILES string of the molecule is C=N/C(C)=C(/C)N(CCC/C=C/C)c1cccc(-c2cc3nc(C)c(CC(=O)O)c(N4CCCCC4)n3n2)c1.CC.CC(C)(C)O. The molecule has 9 heteroatoms. The number of aryl methyl sites for hydroxylation is 1. The highest BCUT2D eigenvalue weighted by Gasteiger charge is 2.24. The van der Waals surface area contributed by atoms with Crippen LogP contribution in [0.25, 0.3) is 16.9 Å². The van der Waals surface area contributed by atoms with Gasteiger partial charge < -0.3 is 20.0 Å². The normalized spacial score (nSPS) is 13.8. The Morgan fingerprint density at radius 3 is 2.37 bits per heavy atom. The number of carboxylic acids is 1. The number of fused-ring (bicyclic) bond motifs is 1. The van der Waals surface area contributed by atoms with Crippen LogP contribution < -0.4 is 9.80 Å². The molecule has 4 rings (SSSR count). The first-order valence-corrected chi connectivity index (χ1v) is 16.6. The number of hydrogen-bond acceptors (Lipinski definition) is 7. The van der Waals surface area contributed by atoms with Crippen LogP contribution in [-0.4, -0.2) is 62.7 Å². The van der Waals surface area contributed by atoms with E-state index in [0.717, 1.165) is 96.4 Å². The highest BCUT2D eigenvalue weighted by molar-refractivity contribution is 5.76. The fourth-order valence-electron chi connectivity index (χ4n) is 5.23. The average Bonchev–Trinajstić information content (AvgIpc) is 3.44. The summed E-state index contributed by atoms with van der Waals surface area (Å²) in [4.78, 5) is 25.3. The van der Waals surface area contributed by atoms with E-state index in [2.05, 4.69) is 64.9 Å². The Hall–Kier alpha value is -3.98. The maximum atomic E-state index is 11.8. The molecule has 0 spiro atoms. The van der Waals surface area contributed by atoms with Gasteiger partial charge in [-0.1, -0.05) is 38.1 Å². The molecule has 0 amide bonds. The molecule has 46 heavy (non-hydrogen) atoms. The molecule has 1 aliphatic heterocycles. The molecule has 0 bridgehead atoms.